The highest BCUT2D eigenvalue weighted by Crippen LogP contribution is 2.39. The van der Waals surface area contributed by atoms with Crippen LogP contribution < -0.4 is 11.4 Å². The van der Waals surface area contributed by atoms with Crippen LogP contribution in [0.2, 0.25) is 0 Å². The van der Waals surface area contributed by atoms with Crippen molar-refractivity contribution in [1.29, 1.82) is 0 Å². The van der Waals surface area contributed by atoms with E-state index in [0.29, 0.717) is 0 Å². The van der Waals surface area contributed by atoms with Crippen LogP contribution in [-0.4, -0.2) is 11.9 Å². The molecule has 50 valence electrons. The van der Waals surface area contributed by atoms with Gasteiger partial charge >= 0.3 is 6.72 Å². The van der Waals surface area contributed by atoms with Crippen LogP contribution in [0.1, 0.15) is 0 Å². The maximum Gasteiger partial charge on any atom is 0.358 e. The summed E-state index contributed by atoms with van der Waals surface area (Å²) in [5.74, 6) is 4.52. The summed E-state index contributed by atoms with van der Waals surface area (Å²) >= 11 is 4.28. The van der Waals surface area contributed by atoms with Crippen LogP contribution in [0, 0.1) is 0 Å². The summed E-state index contributed by atoms with van der Waals surface area (Å²) in [5.41, 5.74) is 2.15. The van der Waals surface area contributed by atoms with Gasteiger partial charge in [-0.2, -0.15) is 5.48 Å². The van der Waals surface area contributed by atoms with Gasteiger partial charge in [-0.1, -0.05) is 0 Å². The molecule has 0 saturated heterocycles. The Morgan fingerprint density at radius 1 is 1.88 bits per heavy atom. The topological polar surface area (TPSA) is 76.7 Å². The van der Waals surface area contributed by atoms with Crippen LogP contribution in [0.3, 0.4) is 0 Å². The number of nitrogens with two attached hydrogens (primary N) is 1. The summed E-state index contributed by atoms with van der Waals surface area (Å²) < 4.78 is 8.14. The highest BCUT2D eigenvalue weighted by Gasteiger charge is 2.10. The smallest absolute Gasteiger partial charge is 0.322 e. The molecule has 4 N–H and O–H groups in total. The summed E-state index contributed by atoms with van der Waals surface area (Å²) in [5, 5.41) is 0. The van der Waals surface area contributed by atoms with E-state index >= 15 is 0 Å². The molecule has 0 aliphatic heterocycles. The molecular weight excluding hydrogens is 151 g/mol. The third-order valence-electron chi connectivity index (χ3n) is 0.340. The lowest BCUT2D eigenvalue weighted by Crippen LogP contribution is -2.08. The molecule has 8 heavy (non-hydrogen) atoms. The van der Waals surface area contributed by atoms with Crippen molar-refractivity contribution in [1.82, 2.24) is 5.48 Å². The van der Waals surface area contributed by atoms with Crippen LogP contribution in [0.5, 0.6) is 0 Å². The van der Waals surface area contributed by atoms with Crippen molar-refractivity contribution in [2.75, 3.05) is 7.05 Å². The summed E-state index contributed by atoms with van der Waals surface area (Å²) in [6.45, 7) is -3.17. The van der Waals surface area contributed by atoms with E-state index in [-0.39, 0.29) is 0 Å². The standard InChI is InChI=1S/CH7N2O3PS/c1-3-6-7(4,8)5-2/h3H,2H2,1H3,(H,4,8). The number of hydrogen-bond acceptors (Lipinski definition) is 5. The van der Waals surface area contributed by atoms with Gasteiger partial charge < -0.3 is 4.89 Å². The lowest BCUT2D eigenvalue weighted by Gasteiger charge is -2.08. The van der Waals surface area contributed by atoms with Crippen LogP contribution in [-0.2, 0) is 21.1 Å². The maximum absolute atomic E-state index is 8.62. The monoisotopic (exact) mass is 158 g/mol. The van der Waals surface area contributed by atoms with Gasteiger partial charge in [-0.15, -0.1) is 0 Å². The molecule has 0 rings (SSSR count). The van der Waals surface area contributed by atoms with E-state index in [1.807, 2.05) is 0 Å². The minimum Gasteiger partial charge on any atom is -0.322 e. The lowest BCUT2D eigenvalue weighted by molar-refractivity contribution is 0.150. The average Bonchev–Trinajstić information content (AvgIpc) is 1.67. The molecule has 0 radical (unpaired) electrons. The molecule has 0 heterocycles. The first-order valence-electron chi connectivity index (χ1n) is 1.69. The Morgan fingerprint density at radius 3 is 2.50 bits per heavy atom. The Morgan fingerprint density at radius 2 is 2.38 bits per heavy atom. The molecule has 1 atom stereocenters. The fourth-order valence-electron chi connectivity index (χ4n) is 0.137. The molecule has 1 unspecified atom stereocenters. The van der Waals surface area contributed by atoms with Crippen molar-refractivity contribution >= 4 is 18.5 Å². The molecule has 5 nitrogen and oxygen atoms in total. The molecule has 0 spiro atoms. The van der Waals surface area contributed by atoms with Gasteiger partial charge in [-0.25, -0.2) is 15.1 Å². The quantitative estimate of drug-likeness (QED) is 0.370. The first-order valence-corrected chi connectivity index (χ1v) is 4.28. The zero-order valence-corrected chi connectivity index (χ0v) is 5.91. The van der Waals surface area contributed by atoms with Crippen LogP contribution in [0.25, 0.3) is 0 Å². The second kappa shape index (κ2) is 3.47. The Bertz CT molecular complexity index is 107. The van der Waals surface area contributed by atoms with E-state index in [2.05, 4.69) is 32.4 Å². The highest BCUT2D eigenvalue weighted by molar-refractivity contribution is 8.07. The van der Waals surface area contributed by atoms with E-state index in [1.165, 1.54) is 7.05 Å². The fourth-order valence-corrected chi connectivity index (χ4v) is 0.634. The molecule has 0 aromatic heterocycles. The van der Waals surface area contributed by atoms with E-state index in [1.54, 1.807) is 0 Å². The van der Waals surface area contributed by atoms with Crippen LogP contribution in [0.4, 0.5) is 0 Å². The van der Waals surface area contributed by atoms with Gasteiger partial charge in [-0.3, -0.25) is 0 Å². The van der Waals surface area contributed by atoms with Crippen molar-refractivity contribution in [3.05, 3.63) is 0 Å². The molecule has 0 aromatic carbocycles. The van der Waals surface area contributed by atoms with Crippen molar-refractivity contribution in [2.24, 2.45) is 5.90 Å². The first-order chi connectivity index (χ1) is 3.62. The summed E-state index contributed by atoms with van der Waals surface area (Å²) in [6.07, 6.45) is 0. The highest BCUT2D eigenvalue weighted by atomic mass is 32.5. The number of rotatable bonds is 3. The average molecular weight is 158 g/mol. The molecule has 0 saturated carbocycles. The first kappa shape index (κ1) is 8.45. The molecule has 7 heteroatoms. The van der Waals surface area contributed by atoms with Crippen molar-refractivity contribution < 1.29 is 14.1 Å². The summed E-state index contributed by atoms with van der Waals surface area (Å²) in [6, 6.07) is 0. The zero-order chi connectivity index (χ0) is 6.62. The minimum atomic E-state index is -3.17. The molecule has 0 bridgehead atoms. The van der Waals surface area contributed by atoms with Gasteiger partial charge in [0, 0.05) is 7.05 Å². The largest absolute Gasteiger partial charge is 0.358 e. The minimum absolute atomic E-state index is 1.44. The Kier molecular flexibility index (Phi) is 3.67. The number of hydroxylamine groups is 1. The summed E-state index contributed by atoms with van der Waals surface area (Å²) in [7, 11) is 1.44. The number of hydrogen-bond donors (Lipinski definition) is 3. The maximum atomic E-state index is 8.62. The molecule has 0 aliphatic carbocycles. The molecule has 0 aromatic rings. The second-order valence-corrected chi connectivity index (χ2v) is 3.58. The fraction of sp³-hybridized carbons (Fsp3) is 1.00. The van der Waals surface area contributed by atoms with Crippen molar-refractivity contribution in [2.45, 2.75) is 0 Å². The second-order valence-electron chi connectivity index (χ2n) is 0.869. The van der Waals surface area contributed by atoms with Gasteiger partial charge in [0.1, 0.15) is 0 Å². The third kappa shape index (κ3) is 3.45. The SMILES string of the molecule is CNOP(O)(=S)ON. The third-order valence-corrected chi connectivity index (χ3v) is 1.50. The van der Waals surface area contributed by atoms with Gasteiger partial charge in [-0.05, 0) is 11.8 Å². The van der Waals surface area contributed by atoms with E-state index in [0.717, 1.165) is 0 Å². The van der Waals surface area contributed by atoms with Crippen LogP contribution >= 0.6 is 6.72 Å². The Hall–Kier alpha value is 0.450. The van der Waals surface area contributed by atoms with Gasteiger partial charge in [0.2, 0.25) is 0 Å². The Labute approximate surface area is 51.9 Å². The van der Waals surface area contributed by atoms with E-state index in [9.17, 15) is 0 Å². The van der Waals surface area contributed by atoms with E-state index < -0.39 is 6.72 Å². The normalized spacial score (nSPS) is 17.9. The molecule has 0 amide bonds. The summed E-state index contributed by atoms with van der Waals surface area (Å²) in [4.78, 5) is 8.62. The lowest BCUT2D eigenvalue weighted by atomic mass is 11.6. The van der Waals surface area contributed by atoms with Gasteiger partial charge in [0.15, 0.2) is 0 Å². The Balaban J connectivity index is 3.55. The van der Waals surface area contributed by atoms with Crippen LogP contribution in [0.15, 0.2) is 0 Å². The molecule has 0 aliphatic rings. The number of nitrogens with one attached hydrogen (secondary N) is 1. The van der Waals surface area contributed by atoms with E-state index in [4.69, 9.17) is 4.89 Å². The predicted molar refractivity (Wildman–Crippen MR) is 31.9 cm³/mol. The molecular formula is CH7N2O3PS. The predicted octanol–water partition coefficient (Wildman–Crippen LogP) is -0.756. The van der Waals surface area contributed by atoms with Crippen molar-refractivity contribution in [3.63, 3.8) is 0 Å². The van der Waals surface area contributed by atoms with Gasteiger partial charge in [0.05, 0.1) is 0 Å². The van der Waals surface area contributed by atoms with Gasteiger partial charge in [0.25, 0.3) is 0 Å². The molecule has 0 fully saturated rings. The zero-order valence-electron chi connectivity index (χ0n) is 4.20. The van der Waals surface area contributed by atoms with Crippen molar-refractivity contribution in [3.8, 4) is 0 Å².